The van der Waals surface area contributed by atoms with Gasteiger partial charge in [0.1, 0.15) is 0 Å². The Bertz CT molecular complexity index is 499. The van der Waals surface area contributed by atoms with Crippen LogP contribution >= 0.6 is 0 Å². The van der Waals surface area contributed by atoms with E-state index in [0.717, 1.165) is 5.56 Å². The van der Waals surface area contributed by atoms with Gasteiger partial charge in [-0.1, -0.05) is 6.07 Å². The summed E-state index contributed by atoms with van der Waals surface area (Å²) in [5, 5.41) is 22.6. The molecule has 1 N–H and O–H groups in total. The van der Waals surface area contributed by atoms with E-state index in [1.807, 2.05) is 6.07 Å². The highest BCUT2D eigenvalue weighted by Gasteiger charge is 2.15. The number of ether oxygens (including phenoxy) is 2. The number of nitro groups is 1. The normalized spacial score (nSPS) is 10.1. The van der Waals surface area contributed by atoms with Crippen LogP contribution in [0.3, 0.4) is 0 Å². The lowest BCUT2D eigenvalue weighted by atomic mass is 10.2. The Balaban J connectivity index is 2.64. The molecule has 0 saturated heterocycles. The van der Waals surface area contributed by atoms with Crippen LogP contribution in [0.2, 0.25) is 0 Å². The van der Waals surface area contributed by atoms with Gasteiger partial charge in [-0.2, -0.15) is 5.26 Å². The van der Waals surface area contributed by atoms with E-state index in [1.165, 1.54) is 6.07 Å². The molecule has 7 nitrogen and oxygen atoms in total. The summed E-state index contributed by atoms with van der Waals surface area (Å²) in [6.07, 6.45) is 0.920. The van der Waals surface area contributed by atoms with Crippen LogP contribution in [0.5, 0.6) is 5.75 Å². The second-order valence-electron chi connectivity index (χ2n) is 4.34. The molecule has 0 unspecified atom stereocenters. The molecule has 0 radical (unpaired) electrons. The highest BCUT2D eigenvalue weighted by atomic mass is 16.6. The maximum atomic E-state index is 11.1. The number of nitro benzene ring substituents is 1. The Kier molecular flexibility index (Phi) is 7.79. The van der Waals surface area contributed by atoms with Crippen LogP contribution in [0.4, 0.5) is 5.69 Å². The van der Waals surface area contributed by atoms with E-state index in [0.29, 0.717) is 39.1 Å². The van der Waals surface area contributed by atoms with Gasteiger partial charge in [0.25, 0.3) is 0 Å². The Labute approximate surface area is 123 Å². The summed E-state index contributed by atoms with van der Waals surface area (Å²) in [4.78, 5) is 10.6. The van der Waals surface area contributed by atoms with Crippen LogP contribution in [-0.2, 0) is 11.3 Å². The standard InChI is InChI=1S/C14H19N3O4/c1-20-9-7-16-11-12-4-5-14(13(10-12)17(18)19)21-8-3-2-6-15/h4-5,10,16H,2-3,7-9,11H2,1H3. The Morgan fingerprint density at radius 2 is 2.24 bits per heavy atom. The maximum Gasteiger partial charge on any atom is 0.311 e. The second kappa shape index (κ2) is 9.69. The van der Waals surface area contributed by atoms with Crippen molar-refractivity contribution in [3.05, 3.63) is 33.9 Å². The van der Waals surface area contributed by atoms with Gasteiger partial charge in [0.2, 0.25) is 0 Å². The number of nitriles is 1. The molecule has 0 heterocycles. The molecule has 7 heteroatoms. The highest BCUT2D eigenvalue weighted by Crippen LogP contribution is 2.28. The van der Waals surface area contributed by atoms with Crippen LogP contribution in [-0.4, -0.2) is 31.8 Å². The van der Waals surface area contributed by atoms with Crippen LogP contribution in [0.1, 0.15) is 18.4 Å². The third-order valence-corrected chi connectivity index (χ3v) is 2.72. The summed E-state index contributed by atoms with van der Waals surface area (Å²) in [5.41, 5.74) is 0.750. The average molecular weight is 293 g/mol. The van der Waals surface area contributed by atoms with Crippen LogP contribution < -0.4 is 10.1 Å². The first-order valence-corrected chi connectivity index (χ1v) is 6.65. The van der Waals surface area contributed by atoms with E-state index in [9.17, 15) is 10.1 Å². The summed E-state index contributed by atoms with van der Waals surface area (Å²) >= 11 is 0. The van der Waals surface area contributed by atoms with E-state index in [4.69, 9.17) is 14.7 Å². The van der Waals surface area contributed by atoms with E-state index >= 15 is 0 Å². The van der Waals surface area contributed by atoms with Crippen molar-refractivity contribution in [3.8, 4) is 11.8 Å². The highest BCUT2D eigenvalue weighted by molar-refractivity contribution is 5.48. The third kappa shape index (κ3) is 6.21. The zero-order valence-corrected chi connectivity index (χ0v) is 12.0. The van der Waals surface area contributed by atoms with Crippen molar-refractivity contribution in [3.63, 3.8) is 0 Å². The average Bonchev–Trinajstić information content (AvgIpc) is 2.48. The van der Waals surface area contributed by atoms with Crippen molar-refractivity contribution in [1.82, 2.24) is 5.32 Å². The molecule has 21 heavy (non-hydrogen) atoms. The van der Waals surface area contributed by atoms with Gasteiger partial charge in [0.05, 0.1) is 24.2 Å². The zero-order valence-electron chi connectivity index (χ0n) is 12.0. The minimum absolute atomic E-state index is 0.0574. The second-order valence-corrected chi connectivity index (χ2v) is 4.34. The van der Waals surface area contributed by atoms with Gasteiger partial charge in [-0.15, -0.1) is 0 Å². The number of nitrogens with zero attached hydrogens (tertiary/aromatic N) is 2. The number of benzene rings is 1. The first-order chi connectivity index (χ1) is 10.2. The third-order valence-electron chi connectivity index (χ3n) is 2.72. The van der Waals surface area contributed by atoms with Crippen molar-refractivity contribution >= 4 is 5.69 Å². The molecule has 0 aliphatic heterocycles. The lowest BCUT2D eigenvalue weighted by Crippen LogP contribution is -2.18. The first kappa shape index (κ1) is 16.9. The molecule has 0 aliphatic rings. The topological polar surface area (TPSA) is 97.4 Å². The van der Waals surface area contributed by atoms with Gasteiger partial charge in [-0.3, -0.25) is 10.1 Å². The lowest BCUT2D eigenvalue weighted by molar-refractivity contribution is -0.385. The van der Waals surface area contributed by atoms with Crippen molar-refractivity contribution < 1.29 is 14.4 Å². The molecular weight excluding hydrogens is 274 g/mol. The fourth-order valence-electron chi connectivity index (χ4n) is 1.68. The van der Waals surface area contributed by atoms with E-state index in [1.54, 1.807) is 19.2 Å². The largest absolute Gasteiger partial charge is 0.487 e. The fourth-order valence-corrected chi connectivity index (χ4v) is 1.68. The molecule has 0 bridgehead atoms. The molecule has 1 rings (SSSR count). The summed E-state index contributed by atoms with van der Waals surface area (Å²) in [5.74, 6) is 0.235. The molecule has 1 aromatic rings. The van der Waals surface area contributed by atoms with Gasteiger partial charge >= 0.3 is 5.69 Å². The summed E-state index contributed by atoms with van der Waals surface area (Å²) < 4.78 is 10.3. The number of hydrogen-bond donors (Lipinski definition) is 1. The smallest absolute Gasteiger partial charge is 0.311 e. The van der Waals surface area contributed by atoms with E-state index < -0.39 is 4.92 Å². The molecule has 114 valence electrons. The molecule has 0 saturated carbocycles. The zero-order chi connectivity index (χ0) is 15.5. The Hall–Kier alpha value is -2.17. The van der Waals surface area contributed by atoms with Gasteiger partial charge in [0, 0.05) is 32.7 Å². The number of unbranched alkanes of at least 4 members (excludes halogenated alkanes) is 1. The minimum atomic E-state index is -0.460. The number of hydrogen-bond acceptors (Lipinski definition) is 6. The molecule has 0 fully saturated rings. The summed E-state index contributed by atoms with van der Waals surface area (Å²) in [6.45, 7) is 2.08. The molecule has 0 aromatic heterocycles. The molecule has 0 aliphatic carbocycles. The summed E-state index contributed by atoms with van der Waals surface area (Å²) in [6, 6.07) is 6.88. The monoisotopic (exact) mass is 293 g/mol. The van der Waals surface area contributed by atoms with Crippen molar-refractivity contribution in [2.75, 3.05) is 26.9 Å². The van der Waals surface area contributed by atoms with Crippen molar-refractivity contribution in [2.24, 2.45) is 0 Å². The number of nitrogens with one attached hydrogen (secondary N) is 1. The molecule has 0 atom stereocenters. The maximum absolute atomic E-state index is 11.1. The predicted molar refractivity (Wildman–Crippen MR) is 77.0 cm³/mol. The van der Waals surface area contributed by atoms with Crippen LogP contribution in [0.25, 0.3) is 0 Å². The van der Waals surface area contributed by atoms with Crippen LogP contribution in [0.15, 0.2) is 18.2 Å². The minimum Gasteiger partial charge on any atom is -0.487 e. The number of rotatable bonds is 10. The summed E-state index contributed by atoms with van der Waals surface area (Å²) in [7, 11) is 1.62. The van der Waals surface area contributed by atoms with Crippen molar-refractivity contribution in [2.45, 2.75) is 19.4 Å². The predicted octanol–water partition coefficient (Wildman–Crippen LogP) is 2.01. The van der Waals surface area contributed by atoms with Crippen LogP contribution in [0, 0.1) is 21.4 Å². The van der Waals surface area contributed by atoms with Gasteiger partial charge < -0.3 is 14.8 Å². The van der Waals surface area contributed by atoms with Gasteiger partial charge in [-0.25, -0.2) is 0 Å². The Morgan fingerprint density at radius 3 is 2.90 bits per heavy atom. The molecular formula is C14H19N3O4. The fraction of sp³-hybridized carbons (Fsp3) is 0.500. The first-order valence-electron chi connectivity index (χ1n) is 6.65. The molecule has 0 amide bonds. The quantitative estimate of drug-likeness (QED) is 0.402. The molecule has 1 aromatic carbocycles. The van der Waals surface area contributed by atoms with Gasteiger partial charge in [0.15, 0.2) is 5.75 Å². The SMILES string of the molecule is COCCNCc1ccc(OCCCC#N)c([N+](=O)[O-])c1. The van der Waals surface area contributed by atoms with Gasteiger partial charge in [-0.05, 0) is 18.1 Å². The molecule has 0 spiro atoms. The Morgan fingerprint density at radius 1 is 1.43 bits per heavy atom. The lowest BCUT2D eigenvalue weighted by Gasteiger charge is -2.08. The van der Waals surface area contributed by atoms with E-state index in [2.05, 4.69) is 5.32 Å². The number of methoxy groups -OCH3 is 1. The van der Waals surface area contributed by atoms with Crippen molar-refractivity contribution in [1.29, 1.82) is 5.26 Å². The van der Waals surface area contributed by atoms with E-state index in [-0.39, 0.29) is 11.4 Å².